The van der Waals surface area contributed by atoms with Crippen LogP contribution >= 0.6 is 0 Å². The Bertz CT molecular complexity index is 274. The minimum atomic E-state index is -0.851. The molecule has 4 nitrogen and oxygen atoms in total. The van der Waals surface area contributed by atoms with Crippen molar-refractivity contribution in [2.75, 3.05) is 0 Å². The van der Waals surface area contributed by atoms with Gasteiger partial charge in [-0.05, 0) is 19.1 Å². The average molecular weight is 180 g/mol. The molecule has 0 aromatic carbocycles. The summed E-state index contributed by atoms with van der Waals surface area (Å²) in [4.78, 5) is 14.5. The summed E-state index contributed by atoms with van der Waals surface area (Å²) < 4.78 is 0. The summed E-state index contributed by atoms with van der Waals surface area (Å²) in [6.07, 6.45) is 1.68. The van der Waals surface area contributed by atoms with Crippen LogP contribution in [0.5, 0.6) is 0 Å². The molecule has 0 saturated carbocycles. The predicted octanol–water partition coefficient (Wildman–Crippen LogP) is 0.644. The van der Waals surface area contributed by atoms with Crippen molar-refractivity contribution in [3.63, 3.8) is 0 Å². The first kappa shape index (κ1) is 9.67. The van der Waals surface area contributed by atoms with E-state index in [-0.39, 0.29) is 0 Å². The number of rotatable bonds is 4. The molecule has 1 aromatic rings. The number of pyridine rings is 1. The molecule has 1 rings (SSSR count). The molecule has 0 aliphatic rings. The largest absolute Gasteiger partial charge is 0.480 e. The average Bonchev–Trinajstić information content (AvgIpc) is 2.15. The molecule has 0 aliphatic heterocycles. The van der Waals surface area contributed by atoms with Crippen molar-refractivity contribution in [2.45, 2.75) is 19.5 Å². The molecular weight excluding hydrogens is 168 g/mol. The molecule has 1 atom stereocenters. The monoisotopic (exact) mass is 180 g/mol. The summed E-state index contributed by atoms with van der Waals surface area (Å²) in [6.45, 7) is 2.08. The molecule has 70 valence electrons. The smallest absolute Gasteiger partial charge is 0.320 e. The first-order chi connectivity index (χ1) is 6.20. The third kappa shape index (κ3) is 3.21. The van der Waals surface area contributed by atoms with Crippen LogP contribution in [0, 0.1) is 0 Å². The van der Waals surface area contributed by atoms with Gasteiger partial charge in [-0.15, -0.1) is 0 Å². The Hall–Kier alpha value is -1.42. The van der Waals surface area contributed by atoms with Crippen LogP contribution in [0.3, 0.4) is 0 Å². The minimum Gasteiger partial charge on any atom is -0.480 e. The topological polar surface area (TPSA) is 62.2 Å². The number of carboxylic acids is 1. The van der Waals surface area contributed by atoms with Gasteiger partial charge < -0.3 is 5.11 Å². The number of hydrogen-bond acceptors (Lipinski definition) is 3. The van der Waals surface area contributed by atoms with Crippen LogP contribution in [-0.2, 0) is 11.3 Å². The van der Waals surface area contributed by atoms with Gasteiger partial charge in [0, 0.05) is 12.7 Å². The number of aromatic nitrogens is 1. The zero-order valence-corrected chi connectivity index (χ0v) is 7.40. The van der Waals surface area contributed by atoms with Crippen molar-refractivity contribution in [1.29, 1.82) is 0 Å². The van der Waals surface area contributed by atoms with E-state index in [1.165, 1.54) is 0 Å². The van der Waals surface area contributed by atoms with E-state index < -0.39 is 12.0 Å². The lowest BCUT2D eigenvalue weighted by atomic mass is 10.3. The summed E-state index contributed by atoms with van der Waals surface area (Å²) >= 11 is 0. The van der Waals surface area contributed by atoms with Gasteiger partial charge in [0.25, 0.3) is 0 Å². The van der Waals surface area contributed by atoms with Crippen molar-refractivity contribution in [1.82, 2.24) is 10.3 Å². The van der Waals surface area contributed by atoms with Gasteiger partial charge in [-0.2, -0.15) is 0 Å². The van der Waals surface area contributed by atoms with Gasteiger partial charge >= 0.3 is 5.97 Å². The maximum Gasteiger partial charge on any atom is 0.320 e. The Morgan fingerprint density at radius 2 is 2.46 bits per heavy atom. The fourth-order valence-electron chi connectivity index (χ4n) is 0.848. The van der Waals surface area contributed by atoms with E-state index in [1.54, 1.807) is 13.1 Å². The molecule has 1 heterocycles. The van der Waals surface area contributed by atoms with Crippen LogP contribution in [0.15, 0.2) is 24.4 Å². The van der Waals surface area contributed by atoms with E-state index in [0.717, 1.165) is 5.69 Å². The molecule has 0 saturated heterocycles. The fourth-order valence-corrected chi connectivity index (χ4v) is 0.848. The Morgan fingerprint density at radius 1 is 1.69 bits per heavy atom. The molecule has 0 bridgehead atoms. The van der Waals surface area contributed by atoms with Crippen molar-refractivity contribution in [2.24, 2.45) is 0 Å². The van der Waals surface area contributed by atoms with Crippen LogP contribution in [0.25, 0.3) is 0 Å². The van der Waals surface area contributed by atoms with Gasteiger partial charge in [0.05, 0.1) is 5.69 Å². The highest BCUT2D eigenvalue weighted by Gasteiger charge is 2.08. The lowest BCUT2D eigenvalue weighted by Crippen LogP contribution is -2.33. The van der Waals surface area contributed by atoms with Gasteiger partial charge in [0.1, 0.15) is 6.04 Å². The number of nitrogens with one attached hydrogen (secondary N) is 1. The number of hydrogen-bond donors (Lipinski definition) is 2. The van der Waals surface area contributed by atoms with E-state index in [9.17, 15) is 4.79 Å². The van der Waals surface area contributed by atoms with Gasteiger partial charge in [-0.1, -0.05) is 6.07 Å². The summed E-state index contributed by atoms with van der Waals surface area (Å²) in [6, 6.07) is 5.00. The predicted molar refractivity (Wildman–Crippen MR) is 48.2 cm³/mol. The van der Waals surface area contributed by atoms with E-state index in [0.29, 0.717) is 6.54 Å². The van der Waals surface area contributed by atoms with Gasteiger partial charge in [0.2, 0.25) is 0 Å². The quantitative estimate of drug-likeness (QED) is 0.714. The number of carboxylic acid groups (broad SMARTS) is 1. The second-order valence-corrected chi connectivity index (χ2v) is 2.76. The first-order valence-corrected chi connectivity index (χ1v) is 4.06. The highest BCUT2D eigenvalue weighted by atomic mass is 16.4. The van der Waals surface area contributed by atoms with E-state index in [2.05, 4.69) is 10.3 Å². The normalized spacial score (nSPS) is 12.4. The molecule has 1 aromatic heterocycles. The Kier molecular flexibility index (Phi) is 3.40. The summed E-state index contributed by atoms with van der Waals surface area (Å²) in [5.74, 6) is -0.851. The summed E-state index contributed by atoms with van der Waals surface area (Å²) in [5.41, 5.74) is 0.843. The molecule has 0 fully saturated rings. The highest BCUT2D eigenvalue weighted by Crippen LogP contribution is 1.93. The molecule has 0 amide bonds. The van der Waals surface area contributed by atoms with Crippen molar-refractivity contribution < 1.29 is 9.90 Å². The van der Waals surface area contributed by atoms with Gasteiger partial charge in [0.15, 0.2) is 0 Å². The standard InChI is InChI=1S/C9H12N2O2/c1-7(9(12)13)11-6-8-4-2-3-5-10-8/h2-5,7,11H,6H2,1H3,(H,12,13)/t7-/m1/s1. The van der Waals surface area contributed by atoms with Crippen LogP contribution < -0.4 is 5.32 Å². The Labute approximate surface area is 76.6 Å². The number of carbonyl (C=O) groups is 1. The van der Waals surface area contributed by atoms with Gasteiger partial charge in [-0.3, -0.25) is 15.1 Å². The van der Waals surface area contributed by atoms with Crippen molar-refractivity contribution in [3.8, 4) is 0 Å². The van der Waals surface area contributed by atoms with E-state index in [4.69, 9.17) is 5.11 Å². The van der Waals surface area contributed by atoms with Crippen molar-refractivity contribution >= 4 is 5.97 Å². The van der Waals surface area contributed by atoms with Crippen LogP contribution in [0.2, 0.25) is 0 Å². The summed E-state index contributed by atoms with van der Waals surface area (Å²) in [7, 11) is 0. The molecular formula is C9H12N2O2. The van der Waals surface area contributed by atoms with Crippen LogP contribution in [-0.4, -0.2) is 22.1 Å². The third-order valence-corrected chi connectivity index (χ3v) is 1.69. The molecule has 4 heteroatoms. The van der Waals surface area contributed by atoms with E-state index >= 15 is 0 Å². The number of nitrogens with zero attached hydrogens (tertiary/aromatic N) is 1. The molecule has 0 aliphatic carbocycles. The Morgan fingerprint density at radius 3 is 3.00 bits per heavy atom. The van der Waals surface area contributed by atoms with Crippen molar-refractivity contribution in [3.05, 3.63) is 30.1 Å². The lowest BCUT2D eigenvalue weighted by molar-refractivity contribution is -0.139. The highest BCUT2D eigenvalue weighted by molar-refractivity contribution is 5.72. The van der Waals surface area contributed by atoms with E-state index in [1.807, 2.05) is 18.2 Å². The van der Waals surface area contributed by atoms with Crippen LogP contribution in [0.1, 0.15) is 12.6 Å². The SMILES string of the molecule is C[C@@H](NCc1ccccn1)C(=O)O. The third-order valence-electron chi connectivity index (χ3n) is 1.69. The molecule has 0 unspecified atom stereocenters. The maximum atomic E-state index is 10.4. The molecule has 2 N–H and O–H groups in total. The van der Waals surface area contributed by atoms with Crippen LogP contribution in [0.4, 0.5) is 0 Å². The Balaban J connectivity index is 2.39. The first-order valence-electron chi connectivity index (χ1n) is 4.06. The second-order valence-electron chi connectivity index (χ2n) is 2.76. The fraction of sp³-hybridized carbons (Fsp3) is 0.333. The molecule has 0 radical (unpaired) electrons. The molecule has 13 heavy (non-hydrogen) atoms. The zero-order chi connectivity index (χ0) is 9.68. The minimum absolute atomic E-state index is 0.480. The number of aliphatic carboxylic acids is 1. The second kappa shape index (κ2) is 4.57. The lowest BCUT2D eigenvalue weighted by Gasteiger charge is -2.07. The van der Waals surface area contributed by atoms with Gasteiger partial charge in [-0.25, -0.2) is 0 Å². The zero-order valence-electron chi connectivity index (χ0n) is 7.40. The summed E-state index contributed by atoms with van der Waals surface area (Å²) in [5, 5.41) is 11.4. The molecule has 0 spiro atoms. The maximum absolute atomic E-state index is 10.4.